The summed E-state index contributed by atoms with van der Waals surface area (Å²) >= 11 is 10.1. The number of allylic oxidation sites excluding steroid dienone is 4. The number of nitrogens with zero attached hydrogens (tertiary/aromatic N) is 1. The van der Waals surface area contributed by atoms with Crippen molar-refractivity contribution in [2.45, 2.75) is 64.4 Å². The number of methoxy groups -OCH3 is 1. The van der Waals surface area contributed by atoms with Crippen LogP contribution in [0.25, 0.3) is 0 Å². The van der Waals surface area contributed by atoms with Crippen LogP contribution >= 0.6 is 27.5 Å². The number of carbonyl (C=O) groups is 2. The SMILES string of the molecule is CCOc1cc(C2C3=C(CCCC3=O)N(CCCOC)C3=C2C(=O)CCC3)cc(Br)c1OCc1ccccc1Cl. The monoisotopic (exact) mass is 627 g/mol. The summed E-state index contributed by atoms with van der Waals surface area (Å²) in [5.74, 6) is 0.965. The van der Waals surface area contributed by atoms with E-state index in [1.165, 1.54) is 0 Å². The predicted molar refractivity (Wildman–Crippen MR) is 159 cm³/mol. The van der Waals surface area contributed by atoms with Gasteiger partial charge in [0.2, 0.25) is 0 Å². The Balaban J connectivity index is 1.60. The van der Waals surface area contributed by atoms with Crippen molar-refractivity contribution in [3.05, 3.63) is 79.6 Å². The van der Waals surface area contributed by atoms with E-state index in [4.69, 9.17) is 25.8 Å². The molecule has 0 bridgehead atoms. The Bertz CT molecular complexity index is 1320. The molecule has 6 nitrogen and oxygen atoms in total. The van der Waals surface area contributed by atoms with Crippen molar-refractivity contribution < 1.29 is 23.8 Å². The molecule has 0 amide bonds. The minimum absolute atomic E-state index is 0.126. The van der Waals surface area contributed by atoms with E-state index < -0.39 is 5.92 Å². The largest absolute Gasteiger partial charge is 0.490 e. The van der Waals surface area contributed by atoms with Gasteiger partial charge in [-0.3, -0.25) is 9.59 Å². The Morgan fingerprint density at radius 1 is 0.975 bits per heavy atom. The van der Waals surface area contributed by atoms with E-state index in [0.29, 0.717) is 47.0 Å². The molecule has 2 aromatic rings. The van der Waals surface area contributed by atoms with E-state index in [0.717, 1.165) is 72.3 Å². The molecule has 0 radical (unpaired) electrons. The Morgan fingerprint density at radius 3 is 2.27 bits per heavy atom. The molecule has 2 aliphatic carbocycles. The zero-order chi connectivity index (χ0) is 28.2. The zero-order valence-corrected chi connectivity index (χ0v) is 25.4. The summed E-state index contributed by atoms with van der Waals surface area (Å²) in [5, 5.41) is 0.635. The van der Waals surface area contributed by atoms with Crippen molar-refractivity contribution >= 4 is 39.1 Å². The topological polar surface area (TPSA) is 65.1 Å². The van der Waals surface area contributed by atoms with Crippen molar-refractivity contribution in [2.24, 2.45) is 0 Å². The maximum atomic E-state index is 13.6. The number of ketones is 2. The normalized spacial score (nSPS) is 17.8. The third-order valence-corrected chi connectivity index (χ3v) is 8.77. The van der Waals surface area contributed by atoms with Gasteiger partial charge in [-0.25, -0.2) is 0 Å². The molecule has 40 heavy (non-hydrogen) atoms. The highest BCUT2D eigenvalue weighted by Crippen LogP contribution is 2.51. The fraction of sp³-hybridized carbons (Fsp3) is 0.438. The highest BCUT2D eigenvalue weighted by Gasteiger charge is 2.43. The minimum atomic E-state index is -0.419. The van der Waals surface area contributed by atoms with E-state index in [1.54, 1.807) is 7.11 Å². The third-order valence-electron chi connectivity index (χ3n) is 7.81. The summed E-state index contributed by atoms with van der Waals surface area (Å²) in [6.07, 6.45) is 5.12. The molecule has 0 unspecified atom stereocenters. The number of hydrogen-bond donors (Lipinski definition) is 0. The van der Waals surface area contributed by atoms with Crippen LogP contribution in [0.1, 0.15) is 68.9 Å². The summed E-state index contributed by atoms with van der Waals surface area (Å²) < 4.78 is 18.3. The molecule has 1 heterocycles. The minimum Gasteiger partial charge on any atom is -0.490 e. The molecule has 212 valence electrons. The van der Waals surface area contributed by atoms with Gasteiger partial charge in [0.15, 0.2) is 23.1 Å². The lowest BCUT2D eigenvalue weighted by Gasteiger charge is -2.44. The average Bonchev–Trinajstić information content (AvgIpc) is 2.94. The molecule has 3 aliphatic rings. The van der Waals surface area contributed by atoms with Gasteiger partial charge in [0.1, 0.15) is 6.61 Å². The molecule has 0 saturated heterocycles. The molecule has 8 heteroatoms. The lowest BCUT2D eigenvalue weighted by molar-refractivity contribution is -0.117. The molecule has 0 N–H and O–H groups in total. The quantitative estimate of drug-likeness (QED) is 0.254. The van der Waals surface area contributed by atoms with Gasteiger partial charge >= 0.3 is 0 Å². The molecule has 1 aliphatic heterocycles. The van der Waals surface area contributed by atoms with Crippen LogP contribution < -0.4 is 9.47 Å². The first-order chi connectivity index (χ1) is 19.4. The van der Waals surface area contributed by atoms with E-state index >= 15 is 0 Å². The number of Topliss-reactive ketones (excluding diaryl/α,β-unsaturated/α-hetero) is 2. The summed E-state index contributed by atoms with van der Waals surface area (Å²) in [7, 11) is 1.70. The zero-order valence-electron chi connectivity index (χ0n) is 23.1. The molecule has 0 fully saturated rings. The summed E-state index contributed by atoms with van der Waals surface area (Å²) in [6.45, 7) is 4.01. The lowest BCUT2D eigenvalue weighted by Crippen LogP contribution is -2.39. The molecule has 0 spiro atoms. The van der Waals surface area contributed by atoms with Gasteiger partial charge in [0.25, 0.3) is 0 Å². The van der Waals surface area contributed by atoms with Crippen LogP contribution in [-0.2, 0) is 20.9 Å². The van der Waals surface area contributed by atoms with Crippen LogP contribution in [0.15, 0.2) is 63.4 Å². The van der Waals surface area contributed by atoms with Gasteiger partial charge in [0, 0.05) is 72.1 Å². The molecule has 0 atom stereocenters. The second-order valence-corrected chi connectivity index (χ2v) is 11.6. The Morgan fingerprint density at radius 2 is 1.65 bits per heavy atom. The first kappa shape index (κ1) is 28.9. The second-order valence-electron chi connectivity index (χ2n) is 10.3. The molecular weight excluding hydrogens is 594 g/mol. The van der Waals surface area contributed by atoms with Gasteiger partial charge in [-0.05, 0) is 78.7 Å². The Kier molecular flexibility index (Phi) is 9.34. The van der Waals surface area contributed by atoms with Crippen molar-refractivity contribution in [2.75, 3.05) is 26.9 Å². The Hall–Kier alpha value is -2.61. The smallest absolute Gasteiger partial charge is 0.175 e. The van der Waals surface area contributed by atoms with Crippen LogP contribution in [0.4, 0.5) is 0 Å². The van der Waals surface area contributed by atoms with Crippen molar-refractivity contribution in [3.8, 4) is 11.5 Å². The van der Waals surface area contributed by atoms with Crippen LogP contribution in [-0.4, -0.2) is 43.3 Å². The van der Waals surface area contributed by atoms with Crippen LogP contribution in [0, 0.1) is 0 Å². The average molecular weight is 629 g/mol. The van der Waals surface area contributed by atoms with E-state index in [1.807, 2.05) is 43.3 Å². The second kappa shape index (κ2) is 12.9. The first-order valence-electron chi connectivity index (χ1n) is 14.1. The molecule has 5 rings (SSSR count). The molecule has 0 saturated carbocycles. The standard InChI is InChI=1S/C32H35BrClNO5/c1-3-39-28-18-21(17-22(33)32(28)40-19-20-9-4-5-10-23(20)34)29-30-24(11-6-13-26(30)36)35(15-8-16-38-2)25-12-7-14-27(37)31(25)29/h4-5,9-10,17-18,29H,3,6-8,11-16,19H2,1-2H3. The van der Waals surface area contributed by atoms with Gasteiger partial charge in [-0.2, -0.15) is 0 Å². The number of hydrogen-bond acceptors (Lipinski definition) is 6. The van der Waals surface area contributed by atoms with Gasteiger partial charge in [0.05, 0.1) is 11.1 Å². The highest BCUT2D eigenvalue weighted by molar-refractivity contribution is 9.10. The van der Waals surface area contributed by atoms with Crippen LogP contribution in [0.3, 0.4) is 0 Å². The van der Waals surface area contributed by atoms with Gasteiger partial charge in [-0.1, -0.05) is 29.8 Å². The van der Waals surface area contributed by atoms with E-state index in [-0.39, 0.29) is 18.2 Å². The van der Waals surface area contributed by atoms with Crippen molar-refractivity contribution in [1.82, 2.24) is 4.90 Å². The number of carbonyl (C=O) groups excluding carboxylic acids is 2. The number of halogens is 2. The fourth-order valence-corrected chi connectivity index (χ4v) is 6.87. The Labute approximate surface area is 249 Å². The fourth-order valence-electron chi connectivity index (χ4n) is 6.11. The van der Waals surface area contributed by atoms with Crippen LogP contribution in [0.5, 0.6) is 11.5 Å². The van der Waals surface area contributed by atoms with Crippen molar-refractivity contribution in [3.63, 3.8) is 0 Å². The predicted octanol–water partition coefficient (Wildman–Crippen LogP) is 7.53. The highest BCUT2D eigenvalue weighted by atomic mass is 79.9. The molecule has 0 aromatic heterocycles. The first-order valence-corrected chi connectivity index (χ1v) is 15.2. The number of rotatable bonds is 10. The van der Waals surface area contributed by atoms with Gasteiger partial charge in [-0.15, -0.1) is 0 Å². The summed E-state index contributed by atoms with van der Waals surface area (Å²) in [4.78, 5) is 29.5. The number of benzene rings is 2. The maximum absolute atomic E-state index is 13.6. The van der Waals surface area contributed by atoms with Crippen molar-refractivity contribution in [1.29, 1.82) is 0 Å². The number of ether oxygens (including phenoxy) is 3. The lowest BCUT2D eigenvalue weighted by atomic mass is 9.71. The van der Waals surface area contributed by atoms with Crippen LogP contribution in [0.2, 0.25) is 5.02 Å². The van der Waals surface area contributed by atoms with E-state index in [9.17, 15) is 9.59 Å². The maximum Gasteiger partial charge on any atom is 0.175 e. The molecular formula is C32H35BrClNO5. The van der Waals surface area contributed by atoms with E-state index in [2.05, 4.69) is 20.8 Å². The molecule has 2 aromatic carbocycles. The summed E-state index contributed by atoms with van der Waals surface area (Å²) in [6, 6.07) is 11.5. The third kappa shape index (κ3) is 5.74. The summed E-state index contributed by atoms with van der Waals surface area (Å²) in [5.41, 5.74) is 5.39. The van der Waals surface area contributed by atoms with Gasteiger partial charge < -0.3 is 19.1 Å².